The summed E-state index contributed by atoms with van der Waals surface area (Å²) >= 11 is 1.54. The number of nitrogens with zero attached hydrogens (tertiary/aromatic N) is 4. The van der Waals surface area contributed by atoms with Crippen molar-refractivity contribution in [3.8, 4) is 0 Å². The average Bonchev–Trinajstić information content (AvgIpc) is 3.23. The second-order valence-electron chi connectivity index (χ2n) is 7.77. The van der Waals surface area contributed by atoms with Gasteiger partial charge in [-0.25, -0.2) is 9.97 Å². The minimum atomic E-state index is -0.183. The highest BCUT2D eigenvalue weighted by Crippen LogP contribution is 2.34. The van der Waals surface area contributed by atoms with Crippen molar-refractivity contribution < 1.29 is 14.7 Å². The molecule has 0 radical (unpaired) electrons. The number of aliphatic hydroxyl groups excluding tert-OH is 1. The molecule has 0 unspecified atom stereocenters. The van der Waals surface area contributed by atoms with Crippen LogP contribution in [0.4, 0.5) is 0 Å². The summed E-state index contributed by atoms with van der Waals surface area (Å²) in [5.74, 6) is -0.427. The number of rotatable bonds is 7. The summed E-state index contributed by atoms with van der Waals surface area (Å²) in [6.07, 6.45) is 3.71. The molecule has 2 aromatic heterocycles. The maximum Gasteiger partial charge on any atom is 0.168 e. The molecule has 1 aliphatic heterocycles. The topological polar surface area (TPSA) is 98.7 Å². The lowest BCUT2D eigenvalue weighted by atomic mass is 9.81. The number of aromatic nitrogens is 2. The minimum absolute atomic E-state index is 0.122. The van der Waals surface area contributed by atoms with Gasteiger partial charge >= 0.3 is 0 Å². The number of thiophene rings is 1. The Morgan fingerprint density at radius 3 is 2.50 bits per heavy atom. The van der Waals surface area contributed by atoms with Gasteiger partial charge in [0, 0.05) is 76.2 Å². The van der Waals surface area contributed by atoms with Crippen molar-refractivity contribution >= 4 is 33.1 Å². The molecule has 8 nitrogen and oxygen atoms in total. The molecule has 0 amide bonds. The Kier molecular flexibility index (Phi) is 6.83. The standard InChI is InChI=1S/C21H27N5O3S/c27-9-8-26-6-4-25(5-7-26)3-2-22-13-17-18(28)11-15(12-19(17)29)20-16-1-10-30-21(16)24-14-23-20/h1,10,13-15,22,27H,2-9,11-12H2. The minimum Gasteiger partial charge on any atom is -0.395 e. The first-order valence-corrected chi connectivity index (χ1v) is 11.3. The predicted molar refractivity (Wildman–Crippen MR) is 115 cm³/mol. The van der Waals surface area contributed by atoms with Gasteiger partial charge in [-0.15, -0.1) is 11.3 Å². The number of hydrogen-bond donors (Lipinski definition) is 2. The van der Waals surface area contributed by atoms with E-state index in [0.29, 0.717) is 19.4 Å². The van der Waals surface area contributed by atoms with Gasteiger partial charge in [-0.1, -0.05) is 0 Å². The molecule has 3 heterocycles. The molecule has 2 aliphatic rings. The van der Waals surface area contributed by atoms with Crippen LogP contribution in [0.3, 0.4) is 0 Å². The van der Waals surface area contributed by atoms with E-state index in [4.69, 9.17) is 5.11 Å². The van der Waals surface area contributed by atoms with E-state index in [1.165, 1.54) is 17.7 Å². The zero-order valence-electron chi connectivity index (χ0n) is 16.9. The zero-order chi connectivity index (χ0) is 20.9. The third kappa shape index (κ3) is 4.75. The number of piperazine rings is 1. The van der Waals surface area contributed by atoms with E-state index in [-0.39, 0.29) is 29.7 Å². The van der Waals surface area contributed by atoms with Gasteiger partial charge in [0.1, 0.15) is 11.2 Å². The Labute approximate surface area is 179 Å². The second kappa shape index (κ2) is 9.74. The van der Waals surface area contributed by atoms with Gasteiger partial charge in [-0.3, -0.25) is 19.4 Å². The second-order valence-corrected chi connectivity index (χ2v) is 8.66. The highest BCUT2D eigenvalue weighted by atomic mass is 32.1. The number of β-amino-alcohol motifs (C(OH)–C–C–N with tert-alkyl or cyclic N) is 1. The van der Waals surface area contributed by atoms with Crippen molar-refractivity contribution in [2.45, 2.75) is 18.8 Å². The van der Waals surface area contributed by atoms with Crippen LogP contribution < -0.4 is 5.32 Å². The summed E-state index contributed by atoms with van der Waals surface area (Å²) < 4.78 is 0. The van der Waals surface area contributed by atoms with Crippen LogP contribution in [0.15, 0.2) is 29.5 Å². The normalized spacial score (nSPS) is 21.4. The van der Waals surface area contributed by atoms with E-state index in [0.717, 1.165) is 55.2 Å². The molecule has 1 aliphatic carbocycles. The molecule has 1 saturated heterocycles. The van der Waals surface area contributed by atoms with Crippen molar-refractivity contribution in [1.29, 1.82) is 0 Å². The number of Topliss-reactive ketones (excluding diaryl/α,β-unsaturated/α-hetero) is 2. The Bertz CT molecular complexity index is 916. The molecule has 4 rings (SSSR count). The van der Waals surface area contributed by atoms with Gasteiger partial charge in [0.15, 0.2) is 11.6 Å². The van der Waals surface area contributed by atoms with Crippen LogP contribution in [0.2, 0.25) is 0 Å². The lowest BCUT2D eigenvalue weighted by Crippen LogP contribution is -2.48. The smallest absolute Gasteiger partial charge is 0.168 e. The van der Waals surface area contributed by atoms with Gasteiger partial charge in [0.25, 0.3) is 0 Å². The Balaban J connectivity index is 1.29. The third-order valence-electron chi connectivity index (χ3n) is 5.84. The van der Waals surface area contributed by atoms with Crippen molar-refractivity contribution in [1.82, 2.24) is 25.1 Å². The summed E-state index contributed by atoms with van der Waals surface area (Å²) in [6.45, 7) is 6.33. The highest BCUT2D eigenvalue weighted by Gasteiger charge is 2.33. The van der Waals surface area contributed by atoms with Gasteiger partial charge in [-0.05, 0) is 11.4 Å². The van der Waals surface area contributed by atoms with E-state index >= 15 is 0 Å². The molecule has 2 N–H and O–H groups in total. The molecule has 160 valence electrons. The van der Waals surface area contributed by atoms with E-state index in [9.17, 15) is 9.59 Å². The molecule has 30 heavy (non-hydrogen) atoms. The van der Waals surface area contributed by atoms with E-state index in [1.807, 2.05) is 11.4 Å². The van der Waals surface area contributed by atoms with Crippen LogP contribution in [0.25, 0.3) is 10.2 Å². The van der Waals surface area contributed by atoms with Gasteiger partial charge < -0.3 is 10.4 Å². The molecule has 9 heteroatoms. The molecule has 0 spiro atoms. The van der Waals surface area contributed by atoms with Crippen LogP contribution in [-0.2, 0) is 9.59 Å². The Morgan fingerprint density at radius 1 is 1.10 bits per heavy atom. The van der Waals surface area contributed by atoms with Gasteiger partial charge in [0.2, 0.25) is 0 Å². The van der Waals surface area contributed by atoms with Crippen LogP contribution in [-0.4, -0.2) is 88.9 Å². The lowest BCUT2D eigenvalue weighted by molar-refractivity contribution is -0.124. The number of fused-ring (bicyclic) bond motifs is 1. The summed E-state index contributed by atoms with van der Waals surface area (Å²) in [7, 11) is 0. The first-order chi connectivity index (χ1) is 14.7. The Morgan fingerprint density at radius 2 is 1.80 bits per heavy atom. The Hall–Kier alpha value is -2.20. The van der Waals surface area contributed by atoms with Crippen molar-refractivity contribution in [3.63, 3.8) is 0 Å². The summed E-state index contributed by atoms with van der Waals surface area (Å²) in [6, 6.07) is 1.96. The third-order valence-corrected chi connectivity index (χ3v) is 6.66. The van der Waals surface area contributed by atoms with Gasteiger partial charge in [0.05, 0.1) is 17.9 Å². The highest BCUT2D eigenvalue weighted by molar-refractivity contribution is 7.16. The molecule has 0 atom stereocenters. The first-order valence-electron chi connectivity index (χ1n) is 10.4. The van der Waals surface area contributed by atoms with Crippen LogP contribution in [0, 0.1) is 0 Å². The number of aliphatic hydroxyl groups is 1. The van der Waals surface area contributed by atoms with E-state index < -0.39 is 0 Å². The fraction of sp³-hybridized carbons (Fsp3) is 0.524. The molecular weight excluding hydrogens is 402 g/mol. The fourth-order valence-electron chi connectivity index (χ4n) is 4.16. The van der Waals surface area contributed by atoms with Crippen LogP contribution in [0.1, 0.15) is 24.5 Å². The molecular formula is C21H27N5O3S. The zero-order valence-corrected chi connectivity index (χ0v) is 17.7. The number of carbonyl (C=O) groups is 2. The predicted octanol–water partition coefficient (Wildman–Crippen LogP) is 0.790. The van der Waals surface area contributed by atoms with Crippen molar-refractivity contribution in [2.75, 3.05) is 52.4 Å². The fourth-order valence-corrected chi connectivity index (χ4v) is 4.90. The number of ketones is 2. The number of hydrogen-bond acceptors (Lipinski definition) is 9. The SMILES string of the molecule is O=C1CC(c2ncnc3sccc23)CC(=O)C1=CNCCN1CCN(CCO)CC1. The van der Waals surface area contributed by atoms with Crippen molar-refractivity contribution in [2.24, 2.45) is 0 Å². The molecule has 1 saturated carbocycles. The summed E-state index contributed by atoms with van der Waals surface area (Å²) in [5.41, 5.74) is 1.07. The number of allylic oxidation sites excluding steroid dienone is 1. The van der Waals surface area contributed by atoms with Crippen LogP contribution >= 0.6 is 11.3 Å². The van der Waals surface area contributed by atoms with Crippen LogP contribution in [0.5, 0.6) is 0 Å². The number of nitrogens with one attached hydrogen (secondary N) is 1. The van der Waals surface area contributed by atoms with E-state index in [1.54, 1.807) is 6.20 Å². The summed E-state index contributed by atoms with van der Waals surface area (Å²) in [4.78, 5) is 39.4. The van der Waals surface area contributed by atoms with Crippen molar-refractivity contribution in [3.05, 3.63) is 35.2 Å². The molecule has 2 fully saturated rings. The molecule has 2 aromatic rings. The largest absolute Gasteiger partial charge is 0.395 e. The molecule has 0 bridgehead atoms. The van der Waals surface area contributed by atoms with E-state index in [2.05, 4.69) is 25.1 Å². The maximum atomic E-state index is 12.7. The molecule has 0 aromatic carbocycles. The lowest BCUT2D eigenvalue weighted by Gasteiger charge is -2.34. The average molecular weight is 430 g/mol. The quantitative estimate of drug-likeness (QED) is 0.379. The van der Waals surface area contributed by atoms with Gasteiger partial charge in [-0.2, -0.15) is 0 Å². The maximum absolute atomic E-state index is 12.7. The first kappa shape index (κ1) is 21.0. The monoisotopic (exact) mass is 429 g/mol. The number of carbonyl (C=O) groups excluding carboxylic acids is 2. The summed E-state index contributed by atoms with van der Waals surface area (Å²) in [5, 5.41) is 15.1.